The Morgan fingerprint density at radius 1 is 1.05 bits per heavy atom. The van der Waals surface area contributed by atoms with Crippen molar-refractivity contribution >= 4 is 0 Å². The number of hydrogen-bond acceptors (Lipinski definition) is 3. The van der Waals surface area contributed by atoms with E-state index in [4.69, 9.17) is 0 Å². The summed E-state index contributed by atoms with van der Waals surface area (Å²) in [6, 6.07) is 7.08. The summed E-state index contributed by atoms with van der Waals surface area (Å²) >= 11 is 0. The van der Waals surface area contributed by atoms with Crippen LogP contribution in [0.5, 0.6) is 0 Å². The van der Waals surface area contributed by atoms with Gasteiger partial charge in [0.2, 0.25) is 0 Å². The van der Waals surface area contributed by atoms with Crippen molar-refractivity contribution in [2.75, 3.05) is 13.1 Å². The molecule has 2 heterocycles. The number of aromatic nitrogens is 3. The molecule has 0 amide bonds. The van der Waals surface area contributed by atoms with Crippen LogP contribution in [-0.2, 0) is 6.54 Å². The molecule has 19 heavy (non-hydrogen) atoms. The molecule has 0 bridgehead atoms. The summed E-state index contributed by atoms with van der Waals surface area (Å²) in [4.78, 5) is 2.45. The van der Waals surface area contributed by atoms with E-state index in [0.29, 0.717) is 0 Å². The Morgan fingerprint density at radius 2 is 1.68 bits per heavy atom. The van der Waals surface area contributed by atoms with Gasteiger partial charge in [0.1, 0.15) is 18.5 Å². The first-order chi connectivity index (χ1) is 9.33. The number of nitrogens with zero attached hydrogens (tertiary/aromatic N) is 4. The average Bonchev–Trinajstić information content (AvgIpc) is 3.11. The zero-order valence-electron chi connectivity index (χ0n) is 10.7. The van der Waals surface area contributed by atoms with Gasteiger partial charge in [0, 0.05) is 6.54 Å². The van der Waals surface area contributed by atoms with Gasteiger partial charge in [0.05, 0.1) is 6.04 Å². The smallest absolute Gasteiger partial charge is 0.123 e. The van der Waals surface area contributed by atoms with Crippen molar-refractivity contribution in [3.05, 3.63) is 48.3 Å². The van der Waals surface area contributed by atoms with Gasteiger partial charge in [0.15, 0.2) is 0 Å². The van der Waals surface area contributed by atoms with Gasteiger partial charge >= 0.3 is 0 Å². The second-order valence-corrected chi connectivity index (χ2v) is 4.97. The van der Waals surface area contributed by atoms with E-state index < -0.39 is 0 Å². The third-order valence-corrected chi connectivity index (χ3v) is 3.69. The van der Waals surface area contributed by atoms with Crippen molar-refractivity contribution < 1.29 is 4.39 Å². The predicted octanol–water partition coefficient (Wildman–Crippen LogP) is 2.25. The summed E-state index contributed by atoms with van der Waals surface area (Å²) in [7, 11) is 0. The molecule has 1 aromatic heterocycles. The SMILES string of the molecule is Fc1ccc([C@H](Cn2cnnc2)N2CCCC2)cc1. The van der Waals surface area contributed by atoms with Crippen LogP contribution in [0.25, 0.3) is 0 Å². The first-order valence-corrected chi connectivity index (χ1v) is 6.65. The number of rotatable bonds is 4. The summed E-state index contributed by atoms with van der Waals surface area (Å²) < 4.78 is 15.0. The molecule has 1 aromatic carbocycles. The lowest BCUT2D eigenvalue weighted by Crippen LogP contribution is -2.29. The van der Waals surface area contributed by atoms with Crippen LogP contribution in [0.4, 0.5) is 4.39 Å². The minimum atomic E-state index is -0.187. The lowest BCUT2D eigenvalue weighted by molar-refractivity contribution is 0.221. The highest BCUT2D eigenvalue weighted by atomic mass is 19.1. The largest absolute Gasteiger partial charge is 0.318 e. The van der Waals surface area contributed by atoms with E-state index in [1.165, 1.54) is 25.0 Å². The van der Waals surface area contributed by atoms with Gasteiger partial charge in [-0.1, -0.05) is 12.1 Å². The zero-order valence-corrected chi connectivity index (χ0v) is 10.7. The molecule has 1 saturated heterocycles. The molecule has 1 fully saturated rings. The van der Waals surface area contributed by atoms with Crippen molar-refractivity contribution in [1.29, 1.82) is 0 Å². The fourth-order valence-corrected chi connectivity index (χ4v) is 2.69. The predicted molar refractivity (Wildman–Crippen MR) is 70.0 cm³/mol. The van der Waals surface area contributed by atoms with Gasteiger partial charge in [-0.2, -0.15) is 0 Å². The van der Waals surface area contributed by atoms with E-state index in [1.54, 1.807) is 12.7 Å². The summed E-state index contributed by atoms with van der Waals surface area (Å²) in [5.74, 6) is -0.187. The molecule has 100 valence electrons. The van der Waals surface area contributed by atoms with Gasteiger partial charge in [-0.3, -0.25) is 4.90 Å². The molecule has 3 rings (SSSR count). The van der Waals surface area contributed by atoms with Crippen LogP contribution in [-0.4, -0.2) is 32.8 Å². The quantitative estimate of drug-likeness (QED) is 0.845. The summed E-state index contributed by atoms with van der Waals surface area (Å²) in [5.41, 5.74) is 1.15. The fourth-order valence-electron chi connectivity index (χ4n) is 2.69. The Balaban J connectivity index is 1.84. The van der Waals surface area contributed by atoms with Gasteiger partial charge in [-0.15, -0.1) is 10.2 Å². The molecular weight excluding hydrogens is 243 g/mol. The number of halogens is 1. The van der Waals surface area contributed by atoms with E-state index in [2.05, 4.69) is 15.1 Å². The van der Waals surface area contributed by atoms with Crippen molar-refractivity contribution in [2.24, 2.45) is 0 Å². The normalized spacial score (nSPS) is 17.7. The van der Waals surface area contributed by atoms with Gasteiger partial charge < -0.3 is 4.57 Å². The zero-order chi connectivity index (χ0) is 13.1. The Hall–Kier alpha value is -1.75. The van der Waals surface area contributed by atoms with Crippen molar-refractivity contribution in [3.8, 4) is 0 Å². The Morgan fingerprint density at radius 3 is 2.32 bits per heavy atom. The van der Waals surface area contributed by atoms with Crippen LogP contribution >= 0.6 is 0 Å². The molecular formula is C14H17FN4. The number of benzene rings is 1. The third-order valence-electron chi connectivity index (χ3n) is 3.69. The van der Waals surface area contributed by atoms with Crippen molar-refractivity contribution in [2.45, 2.75) is 25.4 Å². The highest BCUT2D eigenvalue weighted by Gasteiger charge is 2.23. The Kier molecular flexibility index (Phi) is 3.55. The monoisotopic (exact) mass is 260 g/mol. The Bertz CT molecular complexity index is 503. The maximum Gasteiger partial charge on any atom is 0.123 e. The van der Waals surface area contributed by atoms with Crippen LogP contribution in [0.1, 0.15) is 24.4 Å². The number of likely N-dealkylation sites (tertiary alicyclic amines) is 1. The van der Waals surface area contributed by atoms with E-state index in [-0.39, 0.29) is 11.9 Å². The van der Waals surface area contributed by atoms with Gasteiger partial charge in [-0.25, -0.2) is 4.39 Å². The third kappa shape index (κ3) is 2.81. The average molecular weight is 260 g/mol. The van der Waals surface area contributed by atoms with Gasteiger partial charge in [0.25, 0.3) is 0 Å². The molecule has 1 atom stereocenters. The molecule has 1 aliphatic heterocycles. The minimum absolute atomic E-state index is 0.187. The molecule has 0 N–H and O–H groups in total. The van der Waals surface area contributed by atoms with E-state index >= 15 is 0 Å². The highest BCUT2D eigenvalue weighted by Crippen LogP contribution is 2.26. The van der Waals surface area contributed by atoms with Gasteiger partial charge in [-0.05, 0) is 43.6 Å². The van der Waals surface area contributed by atoms with E-state index in [9.17, 15) is 4.39 Å². The maximum absolute atomic E-state index is 13.1. The highest BCUT2D eigenvalue weighted by molar-refractivity contribution is 5.20. The molecule has 1 aliphatic rings. The molecule has 0 unspecified atom stereocenters. The van der Waals surface area contributed by atoms with Crippen molar-refractivity contribution in [3.63, 3.8) is 0 Å². The maximum atomic E-state index is 13.1. The Labute approximate surface area is 111 Å². The second kappa shape index (κ2) is 5.48. The van der Waals surface area contributed by atoms with Crippen LogP contribution in [0.2, 0.25) is 0 Å². The molecule has 4 nitrogen and oxygen atoms in total. The van der Waals surface area contributed by atoms with Crippen LogP contribution in [0.3, 0.4) is 0 Å². The lowest BCUT2D eigenvalue weighted by Gasteiger charge is -2.28. The fraction of sp³-hybridized carbons (Fsp3) is 0.429. The van der Waals surface area contributed by atoms with Crippen LogP contribution in [0.15, 0.2) is 36.9 Å². The summed E-state index contributed by atoms with van der Waals surface area (Å²) in [5, 5.41) is 7.69. The lowest BCUT2D eigenvalue weighted by atomic mass is 10.1. The topological polar surface area (TPSA) is 34.0 Å². The molecule has 5 heteroatoms. The summed E-state index contributed by atoms with van der Waals surface area (Å²) in [6.07, 6.45) is 5.93. The first kappa shape index (κ1) is 12.3. The van der Waals surface area contributed by atoms with Crippen LogP contribution in [0, 0.1) is 5.82 Å². The van der Waals surface area contributed by atoms with Crippen molar-refractivity contribution in [1.82, 2.24) is 19.7 Å². The second-order valence-electron chi connectivity index (χ2n) is 4.97. The molecule has 0 radical (unpaired) electrons. The standard InChI is InChI=1S/C14H17FN4/c15-13-5-3-12(4-6-13)14(19-7-1-2-8-19)9-18-10-16-17-11-18/h3-6,10-11,14H,1-2,7-9H2/t14-/m0/s1. The summed E-state index contributed by atoms with van der Waals surface area (Å²) in [6.45, 7) is 3.01. The van der Waals surface area contributed by atoms with Crippen LogP contribution < -0.4 is 0 Å². The molecule has 0 saturated carbocycles. The molecule has 0 spiro atoms. The molecule has 0 aliphatic carbocycles. The minimum Gasteiger partial charge on any atom is -0.318 e. The van der Waals surface area contributed by atoms with E-state index in [0.717, 1.165) is 25.2 Å². The van der Waals surface area contributed by atoms with E-state index in [1.807, 2.05) is 16.7 Å². The number of hydrogen-bond donors (Lipinski definition) is 0. The first-order valence-electron chi connectivity index (χ1n) is 6.65. The molecule has 2 aromatic rings.